The van der Waals surface area contributed by atoms with Gasteiger partial charge in [0.05, 0.1) is 7.11 Å². The summed E-state index contributed by atoms with van der Waals surface area (Å²) in [5, 5.41) is 3.37. The maximum Gasteiger partial charge on any atom is 0.324 e. The standard InChI is InChI=1S/C14H26N2O3/c1-16(9-11-5-7-19-8-6-11)10-13(14(17)18-2)15-12-3-4-12/h11-13,15H,3-10H2,1-2H3. The van der Waals surface area contributed by atoms with Crippen molar-refractivity contribution in [2.75, 3.05) is 40.5 Å². The topological polar surface area (TPSA) is 50.8 Å². The van der Waals surface area contributed by atoms with E-state index in [1.807, 2.05) is 0 Å². The van der Waals surface area contributed by atoms with Crippen molar-refractivity contribution in [3.05, 3.63) is 0 Å². The number of ether oxygens (including phenoxy) is 2. The number of nitrogens with zero attached hydrogens (tertiary/aromatic N) is 1. The Kier molecular flexibility index (Phi) is 5.60. The van der Waals surface area contributed by atoms with Crippen molar-refractivity contribution in [2.45, 2.75) is 37.8 Å². The maximum absolute atomic E-state index is 11.8. The summed E-state index contributed by atoms with van der Waals surface area (Å²) in [6.45, 7) is 3.50. The number of likely N-dealkylation sites (N-methyl/N-ethyl adjacent to an activating group) is 1. The molecule has 1 heterocycles. The summed E-state index contributed by atoms with van der Waals surface area (Å²) in [5.74, 6) is 0.545. The Labute approximate surface area is 115 Å². The van der Waals surface area contributed by atoms with Crippen molar-refractivity contribution in [3.8, 4) is 0 Å². The van der Waals surface area contributed by atoms with Crippen LogP contribution in [0.3, 0.4) is 0 Å². The zero-order valence-corrected chi connectivity index (χ0v) is 12.1. The van der Waals surface area contributed by atoms with E-state index in [0.29, 0.717) is 12.0 Å². The van der Waals surface area contributed by atoms with Gasteiger partial charge in [-0.2, -0.15) is 0 Å². The lowest BCUT2D eigenvalue weighted by Crippen LogP contribution is -2.47. The molecule has 2 aliphatic rings. The summed E-state index contributed by atoms with van der Waals surface area (Å²) in [5.41, 5.74) is 0. The lowest BCUT2D eigenvalue weighted by molar-refractivity contribution is -0.143. The molecule has 1 aliphatic heterocycles. The largest absolute Gasteiger partial charge is 0.468 e. The van der Waals surface area contributed by atoms with Crippen LogP contribution in [0.2, 0.25) is 0 Å². The molecule has 5 nitrogen and oxygen atoms in total. The molecular formula is C14H26N2O3. The molecule has 5 heteroatoms. The van der Waals surface area contributed by atoms with Crippen LogP contribution in [-0.2, 0) is 14.3 Å². The smallest absolute Gasteiger partial charge is 0.324 e. The van der Waals surface area contributed by atoms with E-state index in [1.54, 1.807) is 0 Å². The lowest BCUT2D eigenvalue weighted by Gasteiger charge is -2.29. The van der Waals surface area contributed by atoms with Gasteiger partial charge in [-0.05, 0) is 38.6 Å². The summed E-state index contributed by atoms with van der Waals surface area (Å²) < 4.78 is 10.3. The van der Waals surface area contributed by atoms with Crippen LogP contribution in [0.5, 0.6) is 0 Å². The summed E-state index contributed by atoms with van der Waals surface area (Å²) in [6, 6.07) is 0.322. The molecule has 0 radical (unpaired) electrons. The van der Waals surface area contributed by atoms with Crippen LogP contribution in [0, 0.1) is 5.92 Å². The summed E-state index contributed by atoms with van der Waals surface area (Å²) in [7, 11) is 3.54. The highest BCUT2D eigenvalue weighted by atomic mass is 16.5. The Balaban J connectivity index is 1.75. The minimum absolute atomic E-state index is 0.147. The first-order valence-corrected chi connectivity index (χ1v) is 7.29. The van der Waals surface area contributed by atoms with Gasteiger partial charge in [0.25, 0.3) is 0 Å². The molecule has 1 aliphatic carbocycles. The zero-order valence-electron chi connectivity index (χ0n) is 12.1. The number of hydrogen-bond acceptors (Lipinski definition) is 5. The third-order valence-corrected chi connectivity index (χ3v) is 3.90. The van der Waals surface area contributed by atoms with Gasteiger partial charge in [0.2, 0.25) is 0 Å². The van der Waals surface area contributed by atoms with E-state index in [9.17, 15) is 4.79 Å². The van der Waals surface area contributed by atoms with Gasteiger partial charge in [-0.3, -0.25) is 4.79 Å². The Morgan fingerprint density at radius 1 is 1.37 bits per heavy atom. The average molecular weight is 270 g/mol. The van der Waals surface area contributed by atoms with E-state index in [-0.39, 0.29) is 12.0 Å². The first-order valence-electron chi connectivity index (χ1n) is 7.29. The second-order valence-electron chi connectivity index (χ2n) is 5.79. The summed E-state index contributed by atoms with van der Waals surface area (Å²) >= 11 is 0. The average Bonchev–Trinajstić information content (AvgIpc) is 3.22. The lowest BCUT2D eigenvalue weighted by atomic mass is 10.00. The highest BCUT2D eigenvalue weighted by Crippen LogP contribution is 2.20. The van der Waals surface area contributed by atoms with Crippen LogP contribution in [0.4, 0.5) is 0 Å². The second kappa shape index (κ2) is 7.22. The fraction of sp³-hybridized carbons (Fsp3) is 0.929. The molecule has 0 spiro atoms. The third kappa shape index (κ3) is 5.09. The van der Waals surface area contributed by atoms with Crippen LogP contribution >= 0.6 is 0 Å². The molecule has 0 aromatic heterocycles. The third-order valence-electron chi connectivity index (χ3n) is 3.90. The number of esters is 1. The van der Waals surface area contributed by atoms with Gasteiger partial charge >= 0.3 is 5.97 Å². The van der Waals surface area contributed by atoms with Gasteiger partial charge in [0.15, 0.2) is 0 Å². The Hall–Kier alpha value is -0.650. The SMILES string of the molecule is COC(=O)C(CN(C)CC1CCOCC1)NC1CC1. The van der Waals surface area contributed by atoms with Crippen molar-refractivity contribution in [1.82, 2.24) is 10.2 Å². The number of carbonyl (C=O) groups excluding carboxylic acids is 1. The molecule has 1 unspecified atom stereocenters. The molecule has 19 heavy (non-hydrogen) atoms. The van der Waals surface area contributed by atoms with E-state index in [1.165, 1.54) is 20.0 Å². The van der Waals surface area contributed by atoms with E-state index < -0.39 is 0 Å². The Bertz CT molecular complexity index is 288. The molecule has 0 aromatic rings. The van der Waals surface area contributed by atoms with E-state index in [0.717, 1.165) is 39.1 Å². The first-order chi connectivity index (χ1) is 9.19. The molecule has 0 bridgehead atoms. The van der Waals surface area contributed by atoms with Gasteiger partial charge in [-0.1, -0.05) is 0 Å². The number of nitrogens with one attached hydrogen (secondary N) is 1. The van der Waals surface area contributed by atoms with Crippen molar-refractivity contribution in [1.29, 1.82) is 0 Å². The number of rotatable bonds is 7. The molecule has 1 atom stereocenters. The van der Waals surface area contributed by atoms with Gasteiger partial charge in [-0.25, -0.2) is 0 Å². The number of hydrogen-bond donors (Lipinski definition) is 1. The van der Waals surface area contributed by atoms with Crippen molar-refractivity contribution < 1.29 is 14.3 Å². The molecule has 1 saturated carbocycles. The fourth-order valence-electron chi connectivity index (χ4n) is 2.63. The Morgan fingerprint density at radius 3 is 2.63 bits per heavy atom. The first kappa shape index (κ1) is 14.8. The minimum Gasteiger partial charge on any atom is -0.468 e. The van der Waals surface area contributed by atoms with Crippen LogP contribution in [0.1, 0.15) is 25.7 Å². The van der Waals surface area contributed by atoms with Crippen LogP contribution in [0.15, 0.2) is 0 Å². The molecule has 0 amide bonds. The molecule has 2 fully saturated rings. The molecule has 1 N–H and O–H groups in total. The van der Waals surface area contributed by atoms with Gasteiger partial charge in [0, 0.05) is 32.3 Å². The number of methoxy groups -OCH3 is 1. The van der Waals surface area contributed by atoms with Crippen LogP contribution in [0.25, 0.3) is 0 Å². The quantitative estimate of drug-likeness (QED) is 0.688. The monoisotopic (exact) mass is 270 g/mol. The van der Waals surface area contributed by atoms with Gasteiger partial charge in [0.1, 0.15) is 6.04 Å². The zero-order chi connectivity index (χ0) is 13.7. The summed E-state index contributed by atoms with van der Waals surface area (Å²) in [6.07, 6.45) is 4.61. The molecule has 110 valence electrons. The number of carbonyl (C=O) groups is 1. The van der Waals surface area contributed by atoms with Gasteiger partial charge < -0.3 is 19.7 Å². The van der Waals surface area contributed by atoms with E-state index in [4.69, 9.17) is 9.47 Å². The minimum atomic E-state index is -0.192. The van der Waals surface area contributed by atoms with Crippen molar-refractivity contribution >= 4 is 5.97 Å². The van der Waals surface area contributed by atoms with Gasteiger partial charge in [-0.15, -0.1) is 0 Å². The van der Waals surface area contributed by atoms with Crippen molar-refractivity contribution in [2.24, 2.45) is 5.92 Å². The molecular weight excluding hydrogens is 244 g/mol. The molecule has 0 aromatic carbocycles. The van der Waals surface area contributed by atoms with E-state index >= 15 is 0 Å². The summed E-state index contributed by atoms with van der Waals surface area (Å²) in [4.78, 5) is 14.0. The van der Waals surface area contributed by atoms with Crippen molar-refractivity contribution in [3.63, 3.8) is 0 Å². The second-order valence-corrected chi connectivity index (χ2v) is 5.79. The molecule has 2 rings (SSSR count). The molecule has 1 saturated heterocycles. The highest BCUT2D eigenvalue weighted by molar-refractivity contribution is 5.76. The predicted octanol–water partition coefficient (Wildman–Crippen LogP) is 0.638. The Morgan fingerprint density at radius 2 is 2.05 bits per heavy atom. The fourth-order valence-corrected chi connectivity index (χ4v) is 2.63. The van der Waals surface area contributed by atoms with Crippen LogP contribution < -0.4 is 5.32 Å². The predicted molar refractivity (Wildman–Crippen MR) is 73.0 cm³/mol. The highest BCUT2D eigenvalue weighted by Gasteiger charge is 2.30. The van der Waals surface area contributed by atoms with Crippen LogP contribution in [-0.4, -0.2) is 63.4 Å². The maximum atomic E-state index is 11.8. The normalized spacial score (nSPS) is 22.5. The van der Waals surface area contributed by atoms with E-state index in [2.05, 4.69) is 17.3 Å².